The van der Waals surface area contributed by atoms with Gasteiger partial charge in [0, 0.05) is 35.6 Å². The molecule has 17 heavy (non-hydrogen) atoms. The molecule has 1 aliphatic rings. The summed E-state index contributed by atoms with van der Waals surface area (Å²) < 4.78 is 5.64. The van der Waals surface area contributed by atoms with Crippen molar-refractivity contribution in [1.29, 1.82) is 0 Å². The number of benzene rings is 1. The molecule has 0 radical (unpaired) electrons. The Hall–Kier alpha value is -1.32. The Balaban J connectivity index is 1.84. The Morgan fingerprint density at radius 2 is 2.18 bits per heavy atom. The normalized spacial score (nSPS) is 16.3. The van der Waals surface area contributed by atoms with Crippen molar-refractivity contribution < 1.29 is 4.42 Å². The Labute approximate surface area is 101 Å². The average Bonchev–Trinajstić information content (AvgIpc) is 2.70. The van der Waals surface area contributed by atoms with Crippen LogP contribution in [0, 0.1) is 0 Å². The number of para-hydroxylation sites is 1. The van der Waals surface area contributed by atoms with Gasteiger partial charge in [0.25, 0.3) is 0 Å². The average molecular weight is 230 g/mol. The molecule has 0 atom stereocenters. The summed E-state index contributed by atoms with van der Waals surface area (Å²) in [7, 11) is 0. The van der Waals surface area contributed by atoms with Gasteiger partial charge in [-0.25, -0.2) is 0 Å². The molecule has 90 valence electrons. The summed E-state index contributed by atoms with van der Waals surface area (Å²) in [5, 5.41) is 4.75. The Kier molecular flexibility index (Phi) is 2.87. The summed E-state index contributed by atoms with van der Waals surface area (Å²) in [6.07, 6.45) is 5.84. The van der Waals surface area contributed by atoms with Crippen LogP contribution in [0.5, 0.6) is 0 Å². The van der Waals surface area contributed by atoms with Gasteiger partial charge in [-0.05, 0) is 12.8 Å². The zero-order chi connectivity index (χ0) is 11.7. The Morgan fingerprint density at radius 3 is 2.88 bits per heavy atom. The quantitative estimate of drug-likeness (QED) is 0.848. The van der Waals surface area contributed by atoms with Crippen molar-refractivity contribution in [3.8, 4) is 0 Å². The zero-order valence-electron chi connectivity index (χ0n) is 9.91. The molecule has 3 rings (SSSR count). The molecule has 1 aliphatic carbocycles. The highest BCUT2D eigenvalue weighted by molar-refractivity contribution is 5.83. The van der Waals surface area contributed by atoms with Gasteiger partial charge in [-0.1, -0.05) is 24.6 Å². The van der Waals surface area contributed by atoms with Crippen molar-refractivity contribution in [2.24, 2.45) is 5.73 Å². The third kappa shape index (κ3) is 1.96. The summed E-state index contributed by atoms with van der Waals surface area (Å²) in [5.41, 5.74) is 8.97. The Bertz CT molecular complexity index is 514. The standard InChI is InChI=1S/C14H18N2O/c15-7-10-3-1-6-13-11(9-17-14(10)13)8-16-12-4-2-5-12/h1,3,6,9,12,16H,2,4-5,7-8,15H2. The first-order valence-corrected chi connectivity index (χ1v) is 6.30. The second kappa shape index (κ2) is 4.51. The van der Waals surface area contributed by atoms with Crippen LogP contribution in [0.4, 0.5) is 0 Å². The highest BCUT2D eigenvalue weighted by atomic mass is 16.3. The molecule has 2 aromatic rings. The molecule has 0 amide bonds. The molecule has 3 nitrogen and oxygen atoms in total. The minimum absolute atomic E-state index is 0.528. The van der Waals surface area contributed by atoms with Gasteiger partial charge in [-0.2, -0.15) is 0 Å². The number of hydrogen-bond acceptors (Lipinski definition) is 3. The number of rotatable bonds is 4. The molecule has 0 bridgehead atoms. The van der Waals surface area contributed by atoms with E-state index in [1.165, 1.54) is 30.2 Å². The molecular formula is C14H18N2O. The first-order chi connectivity index (χ1) is 8.38. The lowest BCUT2D eigenvalue weighted by molar-refractivity contribution is 0.338. The van der Waals surface area contributed by atoms with E-state index in [0.717, 1.165) is 17.7 Å². The van der Waals surface area contributed by atoms with Crippen LogP contribution in [0.15, 0.2) is 28.9 Å². The molecule has 1 fully saturated rings. The summed E-state index contributed by atoms with van der Waals surface area (Å²) in [4.78, 5) is 0. The van der Waals surface area contributed by atoms with Gasteiger partial charge in [0.15, 0.2) is 0 Å². The van der Waals surface area contributed by atoms with Crippen LogP contribution in [0.25, 0.3) is 11.0 Å². The van der Waals surface area contributed by atoms with E-state index in [9.17, 15) is 0 Å². The molecule has 1 saturated carbocycles. The number of furan rings is 1. The fourth-order valence-electron chi connectivity index (χ4n) is 2.33. The minimum atomic E-state index is 0.528. The molecule has 0 unspecified atom stereocenters. The van der Waals surface area contributed by atoms with Crippen LogP contribution in [0.2, 0.25) is 0 Å². The maximum Gasteiger partial charge on any atom is 0.138 e. The van der Waals surface area contributed by atoms with Crippen LogP contribution in [-0.4, -0.2) is 6.04 Å². The fraction of sp³-hybridized carbons (Fsp3) is 0.429. The van der Waals surface area contributed by atoms with Crippen LogP contribution in [-0.2, 0) is 13.1 Å². The molecule has 1 aromatic heterocycles. The van der Waals surface area contributed by atoms with Gasteiger partial charge >= 0.3 is 0 Å². The zero-order valence-corrected chi connectivity index (χ0v) is 9.91. The summed E-state index contributed by atoms with van der Waals surface area (Å²) in [6, 6.07) is 6.88. The lowest BCUT2D eigenvalue weighted by Gasteiger charge is -2.26. The number of fused-ring (bicyclic) bond motifs is 1. The van der Waals surface area contributed by atoms with Gasteiger partial charge < -0.3 is 15.5 Å². The van der Waals surface area contributed by atoms with E-state index in [0.29, 0.717) is 12.6 Å². The van der Waals surface area contributed by atoms with Gasteiger partial charge in [0.05, 0.1) is 6.26 Å². The van der Waals surface area contributed by atoms with E-state index in [1.54, 1.807) is 0 Å². The molecule has 1 aromatic carbocycles. The predicted octanol–water partition coefficient (Wildman–Crippen LogP) is 2.53. The smallest absolute Gasteiger partial charge is 0.138 e. The van der Waals surface area contributed by atoms with Crippen LogP contribution >= 0.6 is 0 Å². The van der Waals surface area contributed by atoms with Crippen molar-refractivity contribution in [3.63, 3.8) is 0 Å². The fourth-order valence-corrected chi connectivity index (χ4v) is 2.33. The van der Waals surface area contributed by atoms with Gasteiger partial charge in [0.2, 0.25) is 0 Å². The van der Waals surface area contributed by atoms with Crippen LogP contribution < -0.4 is 11.1 Å². The molecule has 0 saturated heterocycles. The first kappa shape index (κ1) is 10.8. The van der Waals surface area contributed by atoms with E-state index in [2.05, 4.69) is 11.4 Å². The lowest BCUT2D eigenvalue weighted by atomic mass is 9.93. The van der Waals surface area contributed by atoms with E-state index in [-0.39, 0.29) is 0 Å². The first-order valence-electron chi connectivity index (χ1n) is 6.30. The van der Waals surface area contributed by atoms with Gasteiger partial charge in [-0.15, -0.1) is 0 Å². The molecule has 0 aliphatic heterocycles. The van der Waals surface area contributed by atoms with E-state index in [1.807, 2.05) is 18.4 Å². The van der Waals surface area contributed by atoms with Crippen molar-refractivity contribution >= 4 is 11.0 Å². The molecule has 3 heteroatoms. The van der Waals surface area contributed by atoms with Crippen LogP contribution in [0.1, 0.15) is 30.4 Å². The highest BCUT2D eigenvalue weighted by Gasteiger charge is 2.17. The van der Waals surface area contributed by atoms with Crippen molar-refractivity contribution in [2.45, 2.75) is 38.4 Å². The third-order valence-electron chi connectivity index (χ3n) is 3.67. The second-order valence-corrected chi connectivity index (χ2v) is 4.77. The Morgan fingerprint density at radius 1 is 1.29 bits per heavy atom. The minimum Gasteiger partial charge on any atom is -0.464 e. The maximum absolute atomic E-state index is 5.70. The van der Waals surface area contributed by atoms with Crippen molar-refractivity contribution in [2.75, 3.05) is 0 Å². The molecular weight excluding hydrogens is 212 g/mol. The summed E-state index contributed by atoms with van der Waals surface area (Å²) in [6.45, 7) is 1.42. The van der Waals surface area contributed by atoms with Crippen molar-refractivity contribution in [1.82, 2.24) is 5.32 Å². The molecule has 3 N–H and O–H groups in total. The second-order valence-electron chi connectivity index (χ2n) is 4.77. The predicted molar refractivity (Wildman–Crippen MR) is 68.6 cm³/mol. The number of nitrogens with two attached hydrogens (primary N) is 1. The largest absolute Gasteiger partial charge is 0.464 e. The van der Waals surface area contributed by atoms with Gasteiger partial charge in [-0.3, -0.25) is 0 Å². The summed E-state index contributed by atoms with van der Waals surface area (Å²) >= 11 is 0. The molecule has 0 spiro atoms. The maximum atomic E-state index is 5.70. The SMILES string of the molecule is NCc1cccc2c(CNC3CCC3)coc12. The van der Waals surface area contributed by atoms with Crippen molar-refractivity contribution in [3.05, 3.63) is 35.6 Å². The third-order valence-corrected chi connectivity index (χ3v) is 3.67. The monoisotopic (exact) mass is 230 g/mol. The lowest BCUT2D eigenvalue weighted by Crippen LogP contribution is -2.34. The van der Waals surface area contributed by atoms with E-state index < -0.39 is 0 Å². The molecule has 1 heterocycles. The highest BCUT2D eigenvalue weighted by Crippen LogP contribution is 2.25. The number of hydrogen-bond donors (Lipinski definition) is 2. The summed E-state index contributed by atoms with van der Waals surface area (Å²) in [5.74, 6) is 0. The van der Waals surface area contributed by atoms with E-state index >= 15 is 0 Å². The topological polar surface area (TPSA) is 51.2 Å². The number of nitrogens with one attached hydrogen (secondary N) is 1. The van der Waals surface area contributed by atoms with E-state index in [4.69, 9.17) is 10.2 Å². The van der Waals surface area contributed by atoms with Gasteiger partial charge in [0.1, 0.15) is 5.58 Å². The van der Waals surface area contributed by atoms with Crippen LogP contribution in [0.3, 0.4) is 0 Å².